The van der Waals surface area contributed by atoms with Gasteiger partial charge in [0.1, 0.15) is 5.75 Å². The molecule has 0 atom stereocenters. The summed E-state index contributed by atoms with van der Waals surface area (Å²) in [5, 5.41) is 3.86. The van der Waals surface area contributed by atoms with Crippen LogP contribution in [0, 0.1) is 0 Å². The fourth-order valence-electron chi connectivity index (χ4n) is 1.99. The van der Waals surface area contributed by atoms with Crippen molar-refractivity contribution in [2.45, 2.75) is 0 Å². The highest BCUT2D eigenvalue weighted by Gasteiger charge is 2.08. The fourth-order valence-corrected chi connectivity index (χ4v) is 2.64. The topological polar surface area (TPSA) is 67.0 Å². The van der Waals surface area contributed by atoms with Crippen LogP contribution in [0.4, 0.5) is 5.69 Å². The Bertz CT molecular complexity index is 880. The molecule has 0 unspecified atom stereocenters. The van der Waals surface area contributed by atoms with E-state index < -0.39 is 0 Å². The minimum Gasteiger partial charge on any atom is -0.482 e. The lowest BCUT2D eigenvalue weighted by Gasteiger charge is -2.09. The lowest BCUT2D eigenvalue weighted by atomic mass is 10.3. The fraction of sp³-hybridized carbons (Fsp3) is 0.0667. The molecule has 1 aromatic heterocycles. The number of amides is 1. The largest absolute Gasteiger partial charge is 0.482 e. The van der Waals surface area contributed by atoms with Crippen LogP contribution in [0.2, 0.25) is 15.3 Å². The number of H-pyrrole nitrogens is 1. The van der Waals surface area contributed by atoms with E-state index in [1.54, 1.807) is 36.4 Å². The van der Waals surface area contributed by atoms with Gasteiger partial charge in [-0.05, 0) is 48.0 Å². The number of benzene rings is 2. The van der Waals surface area contributed by atoms with E-state index >= 15 is 0 Å². The lowest BCUT2D eigenvalue weighted by Crippen LogP contribution is -2.20. The number of nitrogens with zero attached hydrogens (tertiary/aromatic N) is 1. The van der Waals surface area contributed by atoms with Gasteiger partial charge in [0.15, 0.2) is 6.61 Å². The molecule has 0 fully saturated rings. The number of carbonyl (C=O) groups is 1. The van der Waals surface area contributed by atoms with Crippen molar-refractivity contribution in [2.24, 2.45) is 0 Å². The number of aromatic nitrogens is 2. The molecule has 2 N–H and O–H groups in total. The Kier molecular flexibility index (Phi) is 4.61. The second-order valence-electron chi connectivity index (χ2n) is 4.67. The summed E-state index contributed by atoms with van der Waals surface area (Å²) < 4.78 is 5.37. The van der Waals surface area contributed by atoms with Crippen LogP contribution in [0.1, 0.15) is 0 Å². The van der Waals surface area contributed by atoms with E-state index in [1.807, 2.05) is 0 Å². The second kappa shape index (κ2) is 6.66. The molecule has 0 radical (unpaired) electrons. The Labute approximate surface area is 146 Å². The first-order valence-corrected chi connectivity index (χ1v) is 7.67. The summed E-state index contributed by atoms with van der Waals surface area (Å²) in [6.45, 7) is -0.177. The number of hydrogen-bond donors (Lipinski definition) is 2. The van der Waals surface area contributed by atoms with Gasteiger partial charge in [0.2, 0.25) is 5.28 Å². The highest BCUT2D eigenvalue weighted by Crippen LogP contribution is 2.27. The first kappa shape index (κ1) is 15.9. The Balaban J connectivity index is 1.63. The SMILES string of the molecule is O=C(COc1ccc(Cl)cc1Cl)Nc1ccc2nc(Cl)[nH]c2c1. The van der Waals surface area contributed by atoms with Crippen molar-refractivity contribution >= 4 is 57.4 Å². The van der Waals surface area contributed by atoms with Crippen molar-refractivity contribution in [1.29, 1.82) is 0 Å². The van der Waals surface area contributed by atoms with Crippen LogP contribution in [0.25, 0.3) is 11.0 Å². The molecule has 0 spiro atoms. The number of aromatic amines is 1. The maximum Gasteiger partial charge on any atom is 0.262 e. The van der Waals surface area contributed by atoms with Gasteiger partial charge in [0.25, 0.3) is 5.91 Å². The van der Waals surface area contributed by atoms with Crippen LogP contribution in [-0.2, 0) is 4.79 Å². The number of imidazole rings is 1. The van der Waals surface area contributed by atoms with Gasteiger partial charge in [-0.3, -0.25) is 4.79 Å². The molecule has 0 aliphatic carbocycles. The molecule has 0 aliphatic heterocycles. The molecule has 118 valence electrons. The predicted molar refractivity (Wildman–Crippen MR) is 91.7 cm³/mol. The van der Waals surface area contributed by atoms with Gasteiger partial charge in [-0.25, -0.2) is 4.98 Å². The third-order valence-electron chi connectivity index (χ3n) is 2.99. The van der Waals surface area contributed by atoms with E-state index in [0.717, 1.165) is 11.0 Å². The lowest BCUT2D eigenvalue weighted by molar-refractivity contribution is -0.118. The molecule has 0 aliphatic rings. The number of fused-ring (bicyclic) bond motifs is 1. The van der Waals surface area contributed by atoms with Gasteiger partial charge in [0, 0.05) is 10.7 Å². The third-order valence-corrected chi connectivity index (χ3v) is 3.70. The van der Waals surface area contributed by atoms with Crippen LogP contribution < -0.4 is 10.1 Å². The van der Waals surface area contributed by atoms with Crippen LogP contribution in [-0.4, -0.2) is 22.5 Å². The Morgan fingerprint density at radius 3 is 2.78 bits per heavy atom. The number of anilines is 1. The van der Waals surface area contributed by atoms with Gasteiger partial charge in [-0.1, -0.05) is 23.2 Å². The Morgan fingerprint density at radius 1 is 1.17 bits per heavy atom. The van der Waals surface area contributed by atoms with E-state index in [2.05, 4.69) is 15.3 Å². The van der Waals surface area contributed by atoms with Crippen molar-refractivity contribution in [3.05, 3.63) is 51.7 Å². The van der Waals surface area contributed by atoms with Crippen molar-refractivity contribution in [1.82, 2.24) is 9.97 Å². The average molecular weight is 371 g/mol. The van der Waals surface area contributed by atoms with Gasteiger partial charge < -0.3 is 15.0 Å². The molecule has 3 rings (SSSR count). The monoisotopic (exact) mass is 369 g/mol. The van der Waals surface area contributed by atoms with Crippen LogP contribution >= 0.6 is 34.8 Å². The molecule has 0 bridgehead atoms. The van der Waals surface area contributed by atoms with Crippen molar-refractivity contribution in [3.63, 3.8) is 0 Å². The number of hydrogen-bond acceptors (Lipinski definition) is 3. The maximum absolute atomic E-state index is 11.9. The maximum atomic E-state index is 11.9. The molecular formula is C15H10Cl3N3O2. The molecule has 23 heavy (non-hydrogen) atoms. The predicted octanol–water partition coefficient (Wildman–Crippen LogP) is 4.54. The quantitative estimate of drug-likeness (QED) is 0.708. The van der Waals surface area contributed by atoms with Gasteiger partial charge in [-0.15, -0.1) is 0 Å². The summed E-state index contributed by atoms with van der Waals surface area (Å²) in [4.78, 5) is 18.9. The Morgan fingerprint density at radius 2 is 2.00 bits per heavy atom. The standard InChI is InChI=1S/C15H10Cl3N3O2/c16-8-1-4-13(10(17)5-8)23-7-14(22)19-9-2-3-11-12(6-9)21-15(18)20-11/h1-6H,7H2,(H,19,22)(H,20,21). The van der Waals surface area contributed by atoms with Gasteiger partial charge >= 0.3 is 0 Å². The first-order chi connectivity index (χ1) is 11.0. The molecule has 1 heterocycles. The van der Waals surface area contributed by atoms with E-state index in [9.17, 15) is 4.79 Å². The van der Waals surface area contributed by atoms with Crippen molar-refractivity contribution in [2.75, 3.05) is 11.9 Å². The molecule has 8 heteroatoms. The number of rotatable bonds is 4. The zero-order valence-corrected chi connectivity index (χ0v) is 13.8. The smallest absolute Gasteiger partial charge is 0.262 e. The van der Waals surface area contributed by atoms with Crippen molar-refractivity contribution < 1.29 is 9.53 Å². The van der Waals surface area contributed by atoms with Gasteiger partial charge in [0.05, 0.1) is 16.1 Å². The number of carbonyl (C=O) groups excluding carboxylic acids is 1. The summed E-state index contributed by atoms with van der Waals surface area (Å²) in [6.07, 6.45) is 0. The van der Waals surface area contributed by atoms with Gasteiger partial charge in [-0.2, -0.15) is 0 Å². The molecule has 5 nitrogen and oxygen atoms in total. The van der Waals surface area contributed by atoms with Crippen LogP contribution in [0.5, 0.6) is 5.75 Å². The zero-order chi connectivity index (χ0) is 16.4. The normalized spacial score (nSPS) is 10.7. The first-order valence-electron chi connectivity index (χ1n) is 6.54. The molecule has 0 saturated heterocycles. The zero-order valence-electron chi connectivity index (χ0n) is 11.6. The van der Waals surface area contributed by atoms with E-state index in [4.69, 9.17) is 39.5 Å². The van der Waals surface area contributed by atoms with E-state index in [0.29, 0.717) is 26.8 Å². The number of nitrogens with one attached hydrogen (secondary N) is 2. The second-order valence-corrected chi connectivity index (χ2v) is 5.87. The van der Waals surface area contributed by atoms with Crippen molar-refractivity contribution in [3.8, 4) is 5.75 Å². The van der Waals surface area contributed by atoms with Crippen LogP contribution in [0.15, 0.2) is 36.4 Å². The molecular weight excluding hydrogens is 361 g/mol. The summed E-state index contributed by atoms with van der Waals surface area (Å²) in [7, 11) is 0. The highest BCUT2D eigenvalue weighted by atomic mass is 35.5. The summed E-state index contributed by atoms with van der Waals surface area (Å²) in [6, 6.07) is 10.0. The molecule has 0 saturated carbocycles. The van der Waals surface area contributed by atoms with E-state index in [-0.39, 0.29) is 12.5 Å². The van der Waals surface area contributed by atoms with Crippen LogP contribution in [0.3, 0.4) is 0 Å². The molecule has 3 aromatic rings. The average Bonchev–Trinajstić information content (AvgIpc) is 2.85. The summed E-state index contributed by atoms with van der Waals surface area (Å²) in [5.74, 6) is 0.0722. The highest BCUT2D eigenvalue weighted by molar-refractivity contribution is 6.35. The molecule has 2 aromatic carbocycles. The minimum absolute atomic E-state index is 0.177. The van der Waals surface area contributed by atoms with E-state index in [1.165, 1.54) is 0 Å². The number of ether oxygens (including phenoxy) is 1. The summed E-state index contributed by atoms with van der Waals surface area (Å²) in [5.41, 5.74) is 2.06. The minimum atomic E-state index is -0.319. The Hall–Kier alpha value is -1.95. The molecule has 1 amide bonds. The number of halogens is 3. The third kappa shape index (κ3) is 3.88. The summed E-state index contributed by atoms with van der Waals surface area (Å²) >= 11 is 17.6.